The van der Waals surface area contributed by atoms with Crippen molar-refractivity contribution < 1.29 is 4.79 Å². The van der Waals surface area contributed by atoms with Gasteiger partial charge in [0.2, 0.25) is 5.91 Å². The fourth-order valence-electron chi connectivity index (χ4n) is 2.55. The summed E-state index contributed by atoms with van der Waals surface area (Å²) < 4.78 is 0. The number of benzene rings is 1. The summed E-state index contributed by atoms with van der Waals surface area (Å²) in [6.07, 6.45) is 12.0. The Hall–Kier alpha value is -1.02. The molecule has 1 amide bonds. The maximum absolute atomic E-state index is 11.9. The lowest BCUT2D eigenvalue weighted by molar-refractivity contribution is -0.116. The zero-order chi connectivity index (χ0) is 16.2. The van der Waals surface area contributed by atoms with Crippen LogP contribution in [-0.4, -0.2) is 5.91 Å². The van der Waals surface area contributed by atoms with Crippen LogP contribution in [0.4, 0.5) is 5.69 Å². The van der Waals surface area contributed by atoms with Gasteiger partial charge in [-0.15, -0.1) is 0 Å². The van der Waals surface area contributed by atoms with E-state index in [1.54, 1.807) is 0 Å². The highest BCUT2D eigenvalue weighted by molar-refractivity contribution is 6.31. The van der Waals surface area contributed by atoms with E-state index in [0.717, 1.165) is 24.1 Å². The van der Waals surface area contributed by atoms with Crippen LogP contribution in [0, 0.1) is 6.92 Å². The molecule has 1 N–H and O–H groups in total. The highest BCUT2D eigenvalue weighted by Gasteiger charge is 2.06. The van der Waals surface area contributed by atoms with Gasteiger partial charge in [-0.2, -0.15) is 0 Å². The number of amides is 1. The fraction of sp³-hybridized carbons (Fsp3) is 0.632. The molecule has 0 saturated heterocycles. The molecule has 0 spiro atoms. The number of anilines is 1. The largest absolute Gasteiger partial charge is 0.326 e. The first-order valence-electron chi connectivity index (χ1n) is 8.70. The van der Waals surface area contributed by atoms with Crippen LogP contribution in [0.15, 0.2) is 18.2 Å². The molecule has 3 heteroatoms. The molecule has 1 rings (SSSR count). The number of carbonyl (C=O) groups excluding carboxylic acids is 1. The molecule has 124 valence electrons. The van der Waals surface area contributed by atoms with E-state index >= 15 is 0 Å². The maximum Gasteiger partial charge on any atom is 0.224 e. The van der Waals surface area contributed by atoms with Crippen molar-refractivity contribution in [2.75, 3.05) is 5.32 Å². The minimum absolute atomic E-state index is 0.0910. The van der Waals surface area contributed by atoms with Crippen LogP contribution in [0.25, 0.3) is 0 Å². The van der Waals surface area contributed by atoms with Crippen LogP contribution < -0.4 is 5.32 Å². The van der Waals surface area contributed by atoms with Gasteiger partial charge in [0.1, 0.15) is 0 Å². The molecule has 0 aromatic heterocycles. The third-order valence-electron chi connectivity index (χ3n) is 4.05. The molecular weight excluding hydrogens is 294 g/mol. The van der Waals surface area contributed by atoms with E-state index in [1.807, 2.05) is 25.1 Å². The summed E-state index contributed by atoms with van der Waals surface area (Å²) in [6.45, 7) is 4.17. The maximum atomic E-state index is 11.9. The van der Waals surface area contributed by atoms with Gasteiger partial charge in [0.25, 0.3) is 0 Å². The molecule has 22 heavy (non-hydrogen) atoms. The van der Waals surface area contributed by atoms with Crippen molar-refractivity contribution >= 4 is 23.2 Å². The van der Waals surface area contributed by atoms with Crippen molar-refractivity contribution in [3.05, 3.63) is 28.8 Å². The zero-order valence-electron chi connectivity index (χ0n) is 14.1. The Morgan fingerprint density at radius 2 is 1.59 bits per heavy atom. The topological polar surface area (TPSA) is 29.1 Å². The number of rotatable bonds is 11. The number of halogens is 1. The van der Waals surface area contributed by atoms with Crippen molar-refractivity contribution in [3.8, 4) is 0 Å². The number of hydrogen-bond acceptors (Lipinski definition) is 1. The minimum atomic E-state index is 0.0910. The van der Waals surface area contributed by atoms with Crippen LogP contribution in [0.3, 0.4) is 0 Å². The predicted molar refractivity (Wildman–Crippen MR) is 96.7 cm³/mol. The van der Waals surface area contributed by atoms with Gasteiger partial charge in [-0.3, -0.25) is 4.79 Å². The minimum Gasteiger partial charge on any atom is -0.326 e. The van der Waals surface area contributed by atoms with E-state index in [9.17, 15) is 4.79 Å². The highest BCUT2D eigenvalue weighted by Crippen LogP contribution is 2.23. The van der Waals surface area contributed by atoms with Crippen LogP contribution in [0.1, 0.15) is 76.7 Å². The Labute approximate surface area is 140 Å². The summed E-state index contributed by atoms with van der Waals surface area (Å²) in [5.74, 6) is 0.0910. The number of hydrogen-bond donors (Lipinski definition) is 1. The second-order valence-electron chi connectivity index (χ2n) is 6.04. The van der Waals surface area contributed by atoms with E-state index in [-0.39, 0.29) is 5.91 Å². The van der Waals surface area contributed by atoms with Crippen LogP contribution in [0.5, 0.6) is 0 Å². The van der Waals surface area contributed by atoms with Crippen molar-refractivity contribution in [3.63, 3.8) is 0 Å². The van der Waals surface area contributed by atoms with E-state index in [1.165, 1.54) is 44.9 Å². The van der Waals surface area contributed by atoms with Gasteiger partial charge in [-0.25, -0.2) is 0 Å². The standard InChI is InChI=1S/C19H30ClNO/c1-3-4-5-6-7-8-9-10-11-15-19(22)21-18-14-12-13-17(20)16(18)2/h12-14H,3-11,15H2,1-2H3,(H,21,22). The fourth-order valence-corrected chi connectivity index (χ4v) is 2.73. The Bertz CT molecular complexity index is 445. The molecule has 0 heterocycles. The first-order chi connectivity index (χ1) is 10.6. The average molecular weight is 324 g/mol. The highest BCUT2D eigenvalue weighted by atomic mass is 35.5. The Morgan fingerprint density at radius 1 is 1.00 bits per heavy atom. The summed E-state index contributed by atoms with van der Waals surface area (Å²) >= 11 is 6.05. The SMILES string of the molecule is CCCCCCCCCCCC(=O)Nc1cccc(Cl)c1C. The summed E-state index contributed by atoms with van der Waals surface area (Å²) in [5, 5.41) is 3.65. The zero-order valence-corrected chi connectivity index (χ0v) is 14.8. The normalized spacial score (nSPS) is 10.7. The molecular formula is C19H30ClNO. The van der Waals surface area contributed by atoms with Crippen LogP contribution in [0.2, 0.25) is 5.02 Å². The number of carbonyl (C=O) groups is 1. The second kappa shape index (κ2) is 11.5. The van der Waals surface area contributed by atoms with Gasteiger partial charge >= 0.3 is 0 Å². The molecule has 0 fully saturated rings. The third-order valence-corrected chi connectivity index (χ3v) is 4.46. The van der Waals surface area contributed by atoms with Gasteiger partial charge in [0, 0.05) is 17.1 Å². The summed E-state index contributed by atoms with van der Waals surface area (Å²) in [4.78, 5) is 11.9. The monoisotopic (exact) mass is 323 g/mol. The van der Waals surface area contributed by atoms with Crippen molar-refractivity contribution in [1.29, 1.82) is 0 Å². The van der Waals surface area contributed by atoms with E-state index in [0.29, 0.717) is 11.4 Å². The number of nitrogens with one attached hydrogen (secondary N) is 1. The Balaban J connectivity index is 2.08. The lowest BCUT2D eigenvalue weighted by Crippen LogP contribution is -2.12. The predicted octanol–water partition coefficient (Wildman–Crippen LogP) is 6.51. The van der Waals surface area contributed by atoms with Gasteiger partial charge in [-0.1, -0.05) is 76.0 Å². The molecule has 1 aromatic carbocycles. The Kier molecular flexibility index (Phi) is 9.98. The lowest BCUT2D eigenvalue weighted by Gasteiger charge is -2.09. The summed E-state index contributed by atoms with van der Waals surface area (Å²) in [7, 11) is 0. The molecule has 1 aromatic rings. The van der Waals surface area contributed by atoms with Gasteiger partial charge in [0.15, 0.2) is 0 Å². The van der Waals surface area contributed by atoms with Crippen molar-refractivity contribution in [2.45, 2.75) is 78.1 Å². The molecule has 0 unspecified atom stereocenters. The lowest BCUT2D eigenvalue weighted by atomic mass is 10.1. The van der Waals surface area contributed by atoms with E-state index in [2.05, 4.69) is 12.2 Å². The summed E-state index contributed by atoms with van der Waals surface area (Å²) in [6, 6.07) is 5.60. The molecule has 0 aliphatic heterocycles. The van der Waals surface area contributed by atoms with E-state index < -0.39 is 0 Å². The first kappa shape index (κ1) is 19.0. The van der Waals surface area contributed by atoms with Crippen LogP contribution in [-0.2, 0) is 4.79 Å². The van der Waals surface area contributed by atoms with Crippen LogP contribution >= 0.6 is 11.6 Å². The van der Waals surface area contributed by atoms with Gasteiger partial charge in [0.05, 0.1) is 0 Å². The average Bonchev–Trinajstić information content (AvgIpc) is 2.50. The van der Waals surface area contributed by atoms with Gasteiger partial charge < -0.3 is 5.32 Å². The smallest absolute Gasteiger partial charge is 0.224 e. The van der Waals surface area contributed by atoms with Crippen molar-refractivity contribution in [2.24, 2.45) is 0 Å². The third kappa shape index (κ3) is 7.84. The molecule has 0 atom stereocenters. The molecule has 0 aliphatic rings. The Morgan fingerprint density at radius 3 is 2.23 bits per heavy atom. The molecule has 0 aliphatic carbocycles. The number of unbranched alkanes of at least 4 members (excludes halogenated alkanes) is 8. The quantitative estimate of drug-likeness (QED) is 0.462. The van der Waals surface area contributed by atoms with Gasteiger partial charge in [-0.05, 0) is 31.0 Å². The molecule has 0 radical (unpaired) electrons. The molecule has 2 nitrogen and oxygen atoms in total. The molecule has 0 saturated carbocycles. The first-order valence-corrected chi connectivity index (χ1v) is 9.08. The second-order valence-corrected chi connectivity index (χ2v) is 6.45. The molecule has 0 bridgehead atoms. The van der Waals surface area contributed by atoms with E-state index in [4.69, 9.17) is 11.6 Å². The summed E-state index contributed by atoms with van der Waals surface area (Å²) in [5.41, 5.74) is 1.76. The van der Waals surface area contributed by atoms with Crippen molar-refractivity contribution in [1.82, 2.24) is 0 Å².